The second kappa shape index (κ2) is 5.88. The van der Waals surface area contributed by atoms with Crippen molar-refractivity contribution >= 4 is 33.3 Å². The van der Waals surface area contributed by atoms with Crippen molar-refractivity contribution in [3.05, 3.63) is 28.8 Å². The molecule has 1 aromatic rings. The van der Waals surface area contributed by atoms with Crippen LogP contribution in [0.15, 0.2) is 18.2 Å². The number of carbonyl (C=O) groups is 1. The number of carboxylic acid groups (broad SMARTS) is 1. The normalized spacial score (nSPS) is 12.2. The zero-order valence-electron chi connectivity index (χ0n) is 9.74. The van der Waals surface area contributed by atoms with E-state index in [9.17, 15) is 26.4 Å². The fraction of sp³-hybridized carbons (Fsp3) is 0.300. The smallest absolute Gasteiger partial charge is 0.390 e. The number of hydrogen-bond acceptors (Lipinski definition) is 3. The van der Waals surface area contributed by atoms with Crippen molar-refractivity contribution in [2.45, 2.75) is 12.6 Å². The van der Waals surface area contributed by atoms with Crippen LogP contribution in [0.5, 0.6) is 0 Å². The molecular weight excluding hydrogens is 323 g/mol. The average molecular weight is 332 g/mol. The number of carboxylic acids is 1. The molecule has 1 rings (SSSR count). The number of anilines is 1. The fourth-order valence-corrected chi connectivity index (χ4v) is 2.53. The molecule has 0 spiro atoms. The van der Waals surface area contributed by atoms with Gasteiger partial charge in [0.05, 0.1) is 23.4 Å². The molecule has 0 heterocycles. The average Bonchev–Trinajstić information content (AvgIpc) is 2.24. The van der Waals surface area contributed by atoms with Crippen molar-refractivity contribution in [3.8, 4) is 0 Å². The highest BCUT2D eigenvalue weighted by molar-refractivity contribution is 7.92. The van der Waals surface area contributed by atoms with Gasteiger partial charge in [0.25, 0.3) is 0 Å². The predicted octanol–water partition coefficient (Wildman–Crippen LogP) is 2.73. The van der Waals surface area contributed by atoms with Crippen molar-refractivity contribution in [3.63, 3.8) is 0 Å². The summed E-state index contributed by atoms with van der Waals surface area (Å²) in [6.07, 6.45) is -6.16. The van der Waals surface area contributed by atoms with E-state index in [0.29, 0.717) is 0 Å². The molecule has 0 atom stereocenters. The summed E-state index contributed by atoms with van der Waals surface area (Å²) in [7, 11) is -4.33. The molecule has 0 aliphatic heterocycles. The van der Waals surface area contributed by atoms with Gasteiger partial charge in [0.2, 0.25) is 10.0 Å². The Hall–Kier alpha value is -1.48. The molecular formula is C10H9ClF3NO4S. The summed E-state index contributed by atoms with van der Waals surface area (Å²) in [5.41, 5.74) is -0.794. The Balaban J connectivity index is 2.97. The second-order valence-electron chi connectivity index (χ2n) is 3.78. The van der Waals surface area contributed by atoms with Gasteiger partial charge in [0.15, 0.2) is 0 Å². The van der Waals surface area contributed by atoms with E-state index < -0.39 is 39.9 Å². The topological polar surface area (TPSA) is 83.5 Å². The minimum atomic E-state index is -4.63. The molecule has 0 bridgehead atoms. The van der Waals surface area contributed by atoms with Crippen LogP contribution >= 0.6 is 11.6 Å². The van der Waals surface area contributed by atoms with Crippen molar-refractivity contribution < 1.29 is 31.5 Å². The molecule has 0 saturated carbocycles. The lowest BCUT2D eigenvalue weighted by Crippen LogP contribution is -2.22. The van der Waals surface area contributed by atoms with E-state index in [-0.39, 0.29) is 10.7 Å². The van der Waals surface area contributed by atoms with Crippen molar-refractivity contribution in [2.24, 2.45) is 0 Å². The molecule has 2 N–H and O–H groups in total. The number of nitrogens with one attached hydrogen (secondary N) is 1. The summed E-state index contributed by atoms with van der Waals surface area (Å²) in [6, 6.07) is 3.28. The Labute approximate surface area is 117 Å². The van der Waals surface area contributed by atoms with E-state index in [1.807, 2.05) is 0 Å². The Morgan fingerprint density at radius 2 is 1.95 bits per heavy atom. The van der Waals surface area contributed by atoms with Crippen LogP contribution in [0.1, 0.15) is 16.8 Å². The van der Waals surface area contributed by atoms with Crippen LogP contribution in [0.4, 0.5) is 18.9 Å². The molecule has 0 amide bonds. The highest BCUT2D eigenvalue weighted by Gasteiger charge is 2.30. The third kappa shape index (κ3) is 5.25. The molecule has 0 saturated heterocycles. The maximum absolute atomic E-state index is 12.0. The first-order chi connectivity index (χ1) is 9.00. The lowest BCUT2D eigenvalue weighted by atomic mass is 10.2. The minimum absolute atomic E-state index is 0.0449. The zero-order chi connectivity index (χ0) is 15.6. The van der Waals surface area contributed by atoms with Crippen LogP contribution in [0.25, 0.3) is 0 Å². The summed E-state index contributed by atoms with van der Waals surface area (Å²) >= 11 is 5.59. The number of aromatic carboxylic acids is 1. The number of alkyl halides is 3. The molecule has 5 nitrogen and oxygen atoms in total. The van der Waals surface area contributed by atoms with Crippen LogP contribution < -0.4 is 4.72 Å². The number of rotatable bonds is 5. The third-order valence-corrected chi connectivity index (χ3v) is 3.64. The summed E-state index contributed by atoms with van der Waals surface area (Å²) < 4.78 is 60.7. The van der Waals surface area contributed by atoms with E-state index in [1.54, 1.807) is 4.72 Å². The summed E-state index contributed by atoms with van der Waals surface area (Å²) in [6.45, 7) is 0. The summed E-state index contributed by atoms with van der Waals surface area (Å²) in [5.74, 6) is -2.64. The number of halogens is 4. The Morgan fingerprint density at radius 3 is 2.45 bits per heavy atom. The van der Waals surface area contributed by atoms with Gasteiger partial charge >= 0.3 is 12.1 Å². The van der Waals surface area contributed by atoms with Gasteiger partial charge in [-0.2, -0.15) is 13.2 Å². The van der Waals surface area contributed by atoms with Gasteiger partial charge < -0.3 is 5.11 Å². The molecule has 112 valence electrons. The lowest BCUT2D eigenvalue weighted by Gasteiger charge is -2.12. The first-order valence-corrected chi connectivity index (χ1v) is 7.13. The first kappa shape index (κ1) is 16.6. The van der Waals surface area contributed by atoms with Crippen molar-refractivity contribution in [1.82, 2.24) is 0 Å². The maximum atomic E-state index is 12.0. The number of benzene rings is 1. The van der Waals surface area contributed by atoms with Gasteiger partial charge in [-0.25, -0.2) is 13.2 Å². The highest BCUT2D eigenvalue weighted by atomic mass is 35.5. The standard InChI is InChI=1S/C10H9ClF3NO4S/c11-6-1-2-7(9(16)17)8(5-6)15-20(18,19)4-3-10(12,13)14/h1-2,5,15H,3-4H2,(H,16,17). The van der Waals surface area contributed by atoms with Crippen LogP contribution in [-0.4, -0.2) is 31.4 Å². The van der Waals surface area contributed by atoms with Crippen LogP contribution in [-0.2, 0) is 10.0 Å². The molecule has 10 heteroatoms. The zero-order valence-corrected chi connectivity index (χ0v) is 11.3. The van der Waals surface area contributed by atoms with Crippen LogP contribution in [0, 0.1) is 0 Å². The molecule has 0 aliphatic rings. The van der Waals surface area contributed by atoms with E-state index in [4.69, 9.17) is 16.7 Å². The Morgan fingerprint density at radius 1 is 1.35 bits per heavy atom. The van der Waals surface area contributed by atoms with Crippen molar-refractivity contribution in [1.29, 1.82) is 0 Å². The molecule has 0 aromatic heterocycles. The summed E-state index contributed by atoms with van der Waals surface area (Å²) in [4.78, 5) is 10.9. The van der Waals surface area contributed by atoms with Gasteiger partial charge in [-0.15, -0.1) is 0 Å². The van der Waals surface area contributed by atoms with Gasteiger partial charge in [-0.05, 0) is 18.2 Å². The SMILES string of the molecule is O=C(O)c1ccc(Cl)cc1NS(=O)(=O)CCC(F)(F)F. The largest absolute Gasteiger partial charge is 0.478 e. The van der Waals surface area contributed by atoms with E-state index in [1.165, 1.54) is 6.07 Å². The number of hydrogen-bond donors (Lipinski definition) is 2. The molecule has 20 heavy (non-hydrogen) atoms. The summed E-state index contributed by atoms with van der Waals surface area (Å²) in [5, 5.41) is 8.90. The molecule has 0 unspecified atom stereocenters. The Bertz CT molecular complexity index is 615. The van der Waals surface area contributed by atoms with E-state index >= 15 is 0 Å². The molecule has 1 aromatic carbocycles. The van der Waals surface area contributed by atoms with E-state index in [0.717, 1.165) is 12.1 Å². The van der Waals surface area contributed by atoms with Gasteiger partial charge in [0, 0.05) is 5.02 Å². The van der Waals surface area contributed by atoms with Crippen LogP contribution in [0.3, 0.4) is 0 Å². The molecule has 0 aliphatic carbocycles. The van der Waals surface area contributed by atoms with E-state index in [2.05, 4.69) is 0 Å². The van der Waals surface area contributed by atoms with Crippen LogP contribution in [0.2, 0.25) is 5.02 Å². The minimum Gasteiger partial charge on any atom is -0.478 e. The molecule has 0 radical (unpaired) electrons. The van der Waals surface area contributed by atoms with Crippen molar-refractivity contribution in [2.75, 3.05) is 10.5 Å². The van der Waals surface area contributed by atoms with Gasteiger partial charge in [-0.1, -0.05) is 11.6 Å². The predicted molar refractivity (Wildman–Crippen MR) is 66.5 cm³/mol. The lowest BCUT2D eigenvalue weighted by molar-refractivity contribution is -0.129. The second-order valence-corrected chi connectivity index (χ2v) is 6.06. The first-order valence-electron chi connectivity index (χ1n) is 5.10. The monoisotopic (exact) mass is 331 g/mol. The third-order valence-electron chi connectivity index (χ3n) is 2.13. The Kier molecular flexibility index (Phi) is 4.87. The highest BCUT2D eigenvalue weighted by Crippen LogP contribution is 2.24. The van der Waals surface area contributed by atoms with Gasteiger partial charge in [-0.3, -0.25) is 4.72 Å². The molecule has 0 fully saturated rings. The fourth-order valence-electron chi connectivity index (χ4n) is 1.26. The van der Waals surface area contributed by atoms with Gasteiger partial charge in [0.1, 0.15) is 0 Å². The quantitative estimate of drug-likeness (QED) is 0.869. The number of sulfonamides is 1. The maximum Gasteiger partial charge on any atom is 0.390 e.